The Kier molecular flexibility index (Phi) is 3.92. The number of fused-ring (bicyclic) bond motifs is 1. The Morgan fingerprint density at radius 3 is 2.85 bits per heavy atom. The second-order valence-corrected chi connectivity index (χ2v) is 6.32. The molecule has 11 nitrogen and oxygen atoms in total. The summed E-state index contributed by atoms with van der Waals surface area (Å²) in [5.74, 6) is 0.351. The molecular weight excluding hydrogens is 340 g/mol. The quantitative estimate of drug-likeness (QED) is 0.349. The molecule has 26 heavy (non-hydrogen) atoms. The van der Waals surface area contributed by atoms with Gasteiger partial charge in [-0.15, -0.1) is 0 Å². The van der Waals surface area contributed by atoms with Crippen LogP contribution in [0.3, 0.4) is 0 Å². The molecule has 0 spiro atoms. The fraction of sp³-hybridized carbons (Fsp3) is 0.400. The van der Waals surface area contributed by atoms with Crippen LogP contribution in [0.2, 0.25) is 0 Å². The van der Waals surface area contributed by atoms with Gasteiger partial charge in [0.05, 0.1) is 12.3 Å². The summed E-state index contributed by atoms with van der Waals surface area (Å²) >= 11 is 0. The summed E-state index contributed by atoms with van der Waals surface area (Å²) in [6, 6.07) is -0.216. The van der Waals surface area contributed by atoms with Crippen molar-refractivity contribution in [1.82, 2.24) is 30.2 Å². The van der Waals surface area contributed by atoms with Crippen LogP contribution in [0.15, 0.2) is 11.9 Å². The largest absolute Gasteiger partial charge is 0.392 e. The SMILES string of the molecule is CC(O)CNc1nc(NC2CC2)n2ncc(/C=C3\NC(=O)NC3=O)c2n1. The molecule has 0 bridgehead atoms. The molecule has 1 unspecified atom stereocenters. The van der Waals surface area contributed by atoms with Crippen molar-refractivity contribution in [2.24, 2.45) is 0 Å². The minimum atomic E-state index is -0.567. The van der Waals surface area contributed by atoms with E-state index in [0.29, 0.717) is 35.7 Å². The molecule has 5 N–H and O–H groups in total. The number of rotatable bonds is 6. The third kappa shape index (κ3) is 3.28. The molecule has 2 fully saturated rings. The highest BCUT2D eigenvalue weighted by Gasteiger charge is 2.25. The first-order valence-electron chi connectivity index (χ1n) is 8.28. The average Bonchev–Trinajstić information content (AvgIpc) is 3.22. The molecule has 2 aromatic heterocycles. The van der Waals surface area contributed by atoms with E-state index in [2.05, 4.69) is 36.3 Å². The van der Waals surface area contributed by atoms with Gasteiger partial charge in [-0.1, -0.05) is 0 Å². The molecule has 0 radical (unpaired) electrons. The number of aromatic nitrogens is 4. The van der Waals surface area contributed by atoms with Gasteiger partial charge < -0.3 is 21.1 Å². The lowest BCUT2D eigenvalue weighted by molar-refractivity contribution is -0.115. The lowest BCUT2D eigenvalue weighted by Crippen LogP contribution is -2.22. The molecule has 11 heteroatoms. The summed E-state index contributed by atoms with van der Waals surface area (Å²) in [6.07, 6.45) is 4.62. The van der Waals surface area contributed by atoms with E-state index < -0.39 is 18.0 Å². The van der Waals surface area contributed by atoms with Crippen molar-refractivity contribution in [3.8, 4) is 0 Å². The van der Waals surface area contributed by atoms with Crippen LogP contribution >= 0.6 is 0 Å². The molecule has 2 aromatic rings. The molecule has 1 saturated heterocycles. The van der Waals surface area contributed by atoms with Crippen LogP contribution in [0.25, 0.3) is 11.7 Å². The zero-order valence-electron chi connectivity index (χ0n) is 14.0. The number of carbonyl (C=O) groups excluding carboxylic acids is 2. The minimum Gasteiger partial charge on any atom is -0.392 e. The highest BCUT2D eigenvalue weighted by Crippen LogP contribution is 2.25. The van der Waals surface area contributed by atoms with Crippen LogP contribution in [-0.4, -0.2) is 55.3 Å². The van der Waals surface area contributed by atoms with E-state index in [4.69, 9.17) is 0 Å². The number of urea groups is 1. The van der Waals surface area contributed by atoms with Crippen molar-refractivity contribution in [2.45, 2.75) is 31.9 Å². The summed E-state index contributed by atoms with van der Waals surface area (Å²) in [6.45, 7) is 1.95. The van der Waals surface area contributed by atoms with E-state index >= 15 is 0 Å². The number of hydrogen-bond donors (Lipinski definition) is 5. The topological polar surface area (TPSA) is 146 Å². The van der Waals surface area contributed by atoms with E-state index in [9.17, 15) is 14.7 Å². The molecule has 1 aliphatic heterocycles. The average molecular weight is 358 g/mol. The maximum absolute atomic E-state index is 11.7. The van der Waals surface area contributed by atoms with Gasteiger partial charge in [0.25, 0.3) is 5.91 Å². The Morgan fingerprint density at radius 1 is 1.38 bits per heavy atom. The van der Waals surface area contributed by atoms with Gasteiger partial charge in [0.15, 0.2) is 5.65 Å². The number of nitrogens with zero attached hydrogens (tertiary/aromatic N) is 4. The predicted octanol–water partition coefficient (Wildman–Crippen LogP) is -0.328. The van der Waals surface area contributed by atoms with E-state index in [1.165, 1.54) is 6.08 Å². The molecule has 0 aromatic carbocycles. The lowest BCUT2D eigenvalue weighted by atomic mass is 10.2. The number of imide groups is 1. The maximum atomic E-state index is 11.7. The number of nitrogens with one attached hydrogen (secondary N) is 4. The van der Waals surface area contributed by atoms with Crippen LogP contribution in [0, 0.1) is 0 Å². The predicted molar refractivity (Wildman–Crippen MR) is 92.2 cm³/mol. The Bertz CT molecular complexity index is 915. The molecule has 3 heterocycles. The van der Waals surface area contributed by atoms with Crippen LogP contribution in [-0.2, 0) is 4.79 Å². The van der Waals surface area contributed by atoms with E-state index in [1.807, 2.05) is 0 Å². The number of hydrogen-bond acceptors (Lipinski definition) is 8. The van der Waals surface area contributed by atoms with Crippen molar-refractivity contribution in [2.75, 3.05) is 17.2 Å². The summed E-state index contributed by atoms with van der Waals surface area (Å²) < 4.78 is 1.55. The standard InChI is InChI=1S/C15H18N8O3/c1-7(24)5-16-13-20-11-8(4-10-12(25)21-15(26)19-10)6-17-23(11)14(22-13)18-9-2-3-9/h4,6-7,9,24H,2-3,5H2,1H3,(H2,16,18,20,22)(H2,19,21,25,26)/b10-4-. The minimum absolute atomic E-state index is 0.124. The van der Waals surface area contributed by atoms with Crippen LogP contribution < -0.4 is 21.3 Å². The molecular formula is C15H18N8O3. The number of aliphatic hydroxyl groups excluding tert-OH is 1. The van der Waals surface area contributed by atoms with E-state index in [0.717, 1.165) is 12.8 Å². The lowest BCUT2D eigenvalue weighted by Gasteiger charge is -2.11. The Labute approximate surface area is 147 Å². The van der Waals surface area contributed by atoms with Crippen LogP contribution in [0.5, 0.6) is 0 Å². The van der Waals surface area contributed by atoms with Gasteiger partial charge in [-0.25, -0.2) is 4.79 Å². The second-order valence-electron chi connectivity index (χ2n) is 6.32. The van der Waals surface area contributed by atoms with Gasteiger partial charge in [-0.3, -0.25) is 10.1 Å². The molecule has 4 rings (SSSR count). The van der Waals surface area contributed by atoms with Crippen molar-refractivity contribution >= 4 is 35.6 Å². The van der Waals surface area contributed by atoms with Crippen molar-refractivity contribution < 1.29 is 14.7 Å². The molecule has 2 aliphatic rings. The molecule has 1 aliphatic carbocycles. The fourth-order valence-electron chi connectivity index (χ4n) is 2.46. The maximum Gasteiger partial charge on any atom is 0.326 e. The fourth-order valence-corrected chi connectivity index (χ4v) is 2.46. The smallest absolute Gasteiger partial charge is 0.326 e. The van der Waals surface area contributed by atoms with Crippen LogP contribution in [0.4, 0.5) is 16.7 Å². The first-order valence-corrected chi connectivity index (χ1v) is 8.28. The monoisotopic (exact) mass is 358 g/mol. The second kappa shape index (κ2) is 6.26. The zero-order chi connectivity index (χ0) is 18.3. The Balaban J connectivity index is 1.74. The number of aliphatic hydroxyl groups is 1. The van der Waals surface area contributed by atoms with Gasteiger partial charge >= 0.3 is 6.03 Å². The van der Waals surface area contributed by atoms with Crippen LogP contribution in [0.1, 0.15) is 25.3 Å². The zero-order valence-corrected chi connectivity index (χ0v) is 14.0. The van der Waals surface area contributed by atoms with Gasteiger partial charge in [0, 0.05) is 18.2 Å². The highest BCUT2D eigenvalue weighted by molar-refractivity contribution is 6.14. The van der Waals surface area contributed by atoms with E-state index in [-0.39, 0.29) is 5.70 Å². The summed E-state index contributed by atoms with van der Waals surface area (Å²) in [4.78, 5) is 31.8. The molecule has 1 atom stereocenters. The third-order valence-electron chi connectivity index (χ3n) is 3.88. The molecule has 136 valence electrons. The van der Waals surface area contributed by atoms with Gasteiger partial charge in [0.1, 0.15) is 5.70 Å². The molecule has 3 amide bonds. The van der Waals surface area contributed by atoms with Crippen molar-refractivity contribution in [3.63, 3.8) is 0 Å². The highest BCUT2D eigenvalue weighted by atomic mass is 16.3. The van der Waals surface area contributed by atoms with Gasteiger partial charge in [-0.05, 0) is 25.8 Å². The van der Waals surface area contributed by atoms with Gasteiger partial charge in [0.2, 0.25) is 11.9 Å². The summed E-state index contributed by atoms with van der Waals surface area (Å²) in [5.41, 5.74) is 1.15. The van der Waals surface area contributed by atoms with Gasteiger partial charge in [-0.2, -0.15) is 19.6 Å². The first kappa shape index (κ1) is 16.3. The molecule has 1 saturated carbocycles. The van der Waals surface area contributed by atoms with E-state index in [1.54, 1.807) is 17.6 Å². The third-order valence-corrected chi connectivity index (χ3v) is 3.88. The summed E-state index contributed by atoms with van der Waals surface area (Å²) in [7, 11) is 0. The normalized spacial score (nSPS) is 19.5. The number of anilines is 2. The Hall–Kier alpha value is -3.21. The number of carbonyl (C=O) groups is 2. The number of amides is 3. The Morgan fingerprint density at radius 2 is 2.19 bits per heavy atom. The summed E-state index contributed by atoms with van der Waals surface area (Å²) in [5, 5.41) is 24.6. The van der Waals surface area contributed by atoms with Crippen molar-refractivity contribution in [3.05, 3.63) is 17.5 Å². The van der Waals surface area contributed by atoms with Crippen molar-refractivity contribution in [1.29, 1.82) is 0 Å². The first-order chi connectivity index (χ1) is 12.5.